The number of fused-ring (bicyclic) bond motifs is 1. The van der Waals surface area contributed by atoms with E-state index in [4.69, 9.17) is 34.9 Å². The molecule has 42 heavy (non-hydrogen) atoms. The third kappa shape index (κ3) is 6.66. The molecule has 0 amide bonds. The Morgan fingerprint density at radius 3 is 2.67 bits per heavy atom. The van der Waals surface area contributed by atoms with Crippen molar-refractivity contribution in [2.75, 3.05) is 13.7 Å². The number of carbonyl (C=O) groups is 1. The van der Waals surface area contributed by atoms with Crippen LogP contribution in [-0.2, 0) is 23.4 Å². The number of rotatable bonds is 12. The molecule has 0 spiro atoms. The number of aromatic nitrogens is 4. The summed E-state index contributed by atoms with van der Waals surface area (Å²) in [6, 6.07) is 9.09. The van der Waals surface area contributed by atoms with E-state index < -0.39 is 56.4 Å². The van der Waals surface area contributed by atoms with E-state index in [1.54, 1.807) is 44.2 Å². The fraction of sp³-hybridized carbons (Fsp3) is 0.500. The molecule has 3 unspecified atom stereocenters. The second-order valence-electron chi connectivity index (χ2n) is 10.1. The number of halogens is 2. The summed E-state index contributed by atoms with van der Waals surface area (Å²) in [7, 11) is -2.91. The lowest BCUT2D eigenvalue weighted by Crippen LogP contribution is -2.39. The third-order valence-electron chi connectivity index (χ3n) is 6.63. The molecule has 3 heterocycles. The summed E-state index contributed by atoms with van der Waals surface area (Å²) in [6.07, 6.45) is -3.53. The highest BCUT2D eigenvalue weighted by Crippen LogP contribution is 2.51. The number of nitriles is 1. The molecule has 3 aromatic rings. The van der Waals surface area contributed by atoms with E-state index in [-0.39, 0.29) is 34.5 Å². The van der Waals surface area contributed by atoms with Crippen molar-refractivity contribution in [1.82, 2.24) is 24.6 Å². The molecule has 16 heteroatoms. The van der Waals surface area contributed by atoms with E-state index in [2.05, 4.69) is 20.0 Å². The van der Waals surface area contributed by atoms with Crippen molar-refractivity contribution in [3.8, 4) is 17.7 Å². The Kier molecular flexibility index (Phi) is 9.70. The minimum absolute atomic E-state index is 0.0898. The minimum Gasteiger partial charge on any atom is -0.479 e. The normalized spacial score (nSPS) is 24.2. The van der Waals surface area contributed by atoms with Gasteiger partial charge in [0.05, 0.1) is 38.3 Å². The average molecular weight is 625 g/mol. The van der Waals surface area contributed by atoms with Crippen molar-refractivity contribution >= 4 is 36.5 Å². The predicted molar refractivity (Wildman–Crippen MR) is 148 cm³/mol. The Labute approximate surface area is 246 Å². The highest BCUT2D eigenvalue weighted by molar-refractivity contribution is 7.52. The standard InChI is InChI=1S/C26H31ClFN6O7P/c1-15(2)39-24(35)16(3)33-42(36,41-17-9-7-6-8-10-17)38-13-18-26(4,11-12-29)20(28)23(40-18)34-14-30-19-21(34)31-25(27)32-22(19)37-5/h6-10,14-16,18,20,23H,11,13H2,1-5H3,(H,33,36)/t16-,18+,20?,23+,26?,42?/m0/s1. The maximum absolute atomic E-state index is 16.2. The summed E-state index contributed by atoms with van der Waals surface area (Å²) in [4.78, 5) is 24.8. The fourth-order valence-corrected chi connectivity index (χ4v) is 6.06. The molecule has 1 fully saturated rings. The summed E-state index contributed by atoms with van der Waals surface area (Å²) < 4.78 is 59.4. The SMILES string of the molecule is COc1nc(Cl)nc2c1ncn2[C@@H]1O[C@H](COP(=O)(N[C@@H](C)C(=O)OC(C)C)Oc2ccccc2)C(C)(CC#N)C1F. The van der Waals surface area contributed by atoms with Gasteiger partial charge < -0.3 is 18.7 Å². The molecule has 1 aliphatic rings. The first kappa shape index (κ1) is 31.6. The Morgan fingerprint density at radius 1 is 1.31 bits per heavy atom. The molecule has 1 N–H and O–H groups in total. The molecule has 1 aromatic carbocycles. The largest absolute Gasteiger partial charge is 0.479 e. The minimum atomic E-state index is -4.29. The van der Waals surface area contributed by atoms with Crippen LogP contribution in [0.15, 0.2) is 36.7 Å². The van der Waals surface area contributed by atoms with Gasteiger partial charge in [-0.1, -0.05) is 25.1 Å². The van der Waals surface area contributed by atoms with Gasteiger partial charge in [0.2, 0.25) is 11.2 Å². The zero-order valence-corrected chi connectivity index (χ0v) is 25.2. The first-order valence-electron chi connectivity index (χ1n) is 13.0. The van der Waals surface area contributed by atoms with Crippen LogP contribution in [0, 0.1) is 16.7 Å². The predicted octanol–water partition coefficient (Wildman–Crippen LogP) is 4.78. The molecule has 0 saturated carbocycles. The second-order valence-corrected chi connectivity index (χ2v) is 12.1. The zero-order chi connectivity index (χ0) is 30.7. The molecule has 0 radical (unpaired) electrons. The van der Waals surface area contributed by atoms with Crippen LogP contribution in [0.2, 0.25) is 5.28 Å². The monoisotopic (exact) mass is 624 g/mol. The van der Waals surface area contributed by atoms with Crippen LogP contribution < -0.4 is 14.3 Å². The number of nitrogens with zero attached hydrogens (tertiary/aromatic N) is 5. The molecule has 13 nitrogen and oxygen atoms in total. The molecular weight excluding hydrogens is 594 g/mol. The Hall–Kier alpha value is -3.34. The van der Waals surface area contributed by atoms with Gasteiger partial charge in [-0.2, -0.15) is 20.3 Å². The number of alkyl halides is 1. The summed E-state index contributed by atoms with van der Waals surface area (Å²) >= 11 is 6.04. The smallest absolute Gasteiger partial charge is 0.459 e. The fourth-order valence-electron chi connectivity index (χ4n) is 4.41. The van der Waals surface area contributed by atoms with Crippen molar-refractivity contribution < 1.29 is 37.0 Å². The lowest BCUT2D eigenvalue weighted by molar-refractivity contribution is -0.149. The molecular formula is C26H31ClFN6O7P. The van der Waals surface area contributed by atoms with Gasteiger partial charge in [-0.05, 0) is 44.5 Å². The molecule has 6 atom stereocenters. The Morgan fingerprint density at radius 2 is 2.02 bits per heavy atom. The number of esters is 1. The van der Waals surface area contributed by atoms with Crippen LogP contribution in [0.5, 0.6) is 11.6 Å². The first-order chi connectivity index (χ1) is 19.9. The van der Waals surface area contributed by atoms with E-state index in [1.165, 1.54) is 31.9 Å². The Balaban J connectivity index is 1.62. The lowest BCUT2D eigenvalue weighted by Gasteiger charge is -2.30. The number of hydrogen-bond acceptors (Lipinski definition) is 11. The number of para-hydroxylation sites is 1. The number of ether oxygens (including phenoxy) is 3. The maximum Gasteiger partial charge on any atom is 0.459 e. The molecule has 1 aliphatic heterocycles. The van der Waals surface area contributed by atoms with Gasteiger partial charge in [0, 0.05) is 11.8 Å². The van der Waals surface area contributed by atoms with Crippen molar-refractivity contribution in [1.29, 1.82) is 5.26 Å². The quantitative estimate of drug-likeness (QED) is 0.167. The summed E-state index contributed by atoms with van der Waals surface area (Å²) in [5.74, 6) is -0.391. The molecule has 1 saturated heterocycles. The van der Waals surface area contributed by atoms with Crippen molar-refractivity contribution in [2.24, 2.45) is 5.41 Å². The molecule has 226 valence electrons. The van der Waals surface area contributed by atoms with E-state index in [1.807, 2.05) is 6.07 Å². The highest BCUT2D eigenvalue weighted by Gasteiger charge is 2.56. The van der Waals surface area contributed by atoms with Crippen molar-refractivity contribution in [3.63, 3.8) is 0 Å². The third-order valence-corrected chi connectivity index (χ3v) is 8.44. The van der Waals surface area contributed by atoms with Gasteiger partial charge in [-0.3, -0.25) is 13.9 Å². The van der Waals surface area contributed by atoms with Crippen LogP contribution in [0.1, 0.15) is 40.3 Å². The van der Waals surface area contributed by atoms with E-state index in [0.29, 0.717) is 0 Å². The van der Waals surface area contributed by atoms with Gasteiger partial charge in [-0.15, -0.1) is 0 Å². The van der Waals surface area contributed by atoms with Gasteiger partial charge in [0.15, 0.2) is 23.6 Å². The molecule has 0 aliphatic carbocycles. The first-order valence-corrected chi connectivity index (χ1v) is 14.9. The van der Waals surface area contributed by atoms with Crippen LogP contribution >= 0.6 is 19.3 Å². The van der Waals surface area contributed by atoms with E-state index in [0.717, 1.165) is 0 Å². The second kappa shape index (κ2) is 12.9. The lowest BCUT2D eigenvalue weighted by atomic mass is 9.79. The zero-order valence-electron chi connectivity index (χ0n) is 23.6. The number of benzene rings is 1. The number of methoxy groups -OCH3 is 1. The Bertz CT molecular complexity index is 1510. The van der Waals surface area contributed by atoms with Crippen molar-refractivity contribution in [2.45, 2.75) is 64.8 Å². The van der Waals surface area contributed by atoms with Crippen LogP contribution in [0.4, 0.5) is 4.39 Å². The van der Waals surface area contributed by atoms with E-state index >= 15 is 4.39 Å². The highest BCUT2D eigenvalue weighted by atomic mass is 35.5. The van der Waals surface area contributed by atoms with Gasteiger partial charge in [0.25, 0.3) is 0 Å². The van der Waals surface area contributed by atoms with Gasteiger partial charge >= 0.3 is 13.7 Å². The molecule has 2 aromatic heterocycles. The van der Waals surface area contributed by atoms with Gasteiger partial charge in [-0.25, -0.2) is 13.9 Å². The summed E-state index contributed by atoms with van der Waals surface area (Å²) in [5.41, 5.74) is -1.04. The van der Waals surface area contributed by atoms with Crippen LogP contribution in [0.25, 0.3) is 11.2 Å². The number of hydrogen-bond donors (Lipinski definition) is 1. The summed E-state index contributed by atoms with van der Waals surface area (Å²) in [6.45, 7) is 5.86. The van der Waals surface area contributed by atoms with Crippen LogP contribution in [0.3, 0.4) is 0 Å². The summed E-state index contributed by atoms with van der Waals surface area (Å²) in [5, 5.41) is 12.0. The van der Waals surface area contributed by atoms with Gasteiger partial charge in [0.1, 0.15) is 11.8 Å². The number of carbonyl (C=O) groups excluding carboxylic acids is 1. The average Bonchev–Trinajstić information content (AvgIpc) is 3.45. The van der Waals surface area contributed by atoms with E-state index in [9.17, 15) is 14.6 Å². The molecule has 0 bridgehead atoms. The number of nitrogens with one attached hydrogen (secondary N) is 1. The van der Waals surface area contributed by atoms with Crippen molar-refractivity contribution in [3.05, 3.63) is 41.9 Å². The molecule has 4 rings (SSSR count). The topological polar surface area (TPSA) is 160 Å². The number of imidazole rings is 1. The maximum atomic E-state index is 16.2. The van der Waals surface area contributed by atoms with Crippen LogP contribution in [-0.4, -0.2) is 63.6 Å².